The van der Waals surface area contributed by atoms with Crippen LogP contribution >= 0.6 is 0 Å². The van der Waals surface area contributed by atoms with Crippen molar-refractivity contribution in [2.45, 2.75) is 33.9 Å². The van der Waals surface area contributed by atoms with Crippen LogP contribution < -0.4 is 11.0 Å². The van der Waals surface area contributed by atoms with E-state index in [9.17, 15) is 9.59 Å². The monoisotopic (exact) mass is 247 g/mol. The van der Waals surface area contributed by atoms with E-state index in [1.165, 1.54) is 0 Å². The summed E-state index contributed by atoms with van der Waals surface area (Å²) in [7, 11) is 0. The Morgan fingerprint density at radius 1 is 1.17 bits per heavy atom. The normalized spacial score (nSPS) is 10.8. The average Bonchev–Trinajstić information content (AvgIpc) is 2.61. The molecular weight excluding hydrogens is 230 g/mol. The number of aromatic nitrogens is 2. The van der Waals surface area contributed by atoms with Crippen LogP contribution in [0.15, 0.2) is 16.9 Å². The minimum absolute atomic E-state index is 0.00217. The summed E-state index contributed by atoms with van der Waals surface area (Å²) in [6.07, 6.45) is 0.652. The third-order valence-electron chi connectivity index (χ3n) is 3.21. The molecule has 1 heterocycles. The van der Waals surface area contributed by atoms with Gasteiger partial charge in [-0.25, -0.2) is 4.79 Å². The molecule has 0 aliphatic carbocycles. The van der Waals surface area contributed by atoms with Crippen LogP contribution in [0.3, 0.4) is 0 Å². The fourth-order valence-electron chi connectivity index (χ4n) is 2.30. The van der Waals surface area contributed by atoms with Gasteiger partial charge in [-0.2, -0.15) is 0 Å². The zero-order valence-corrected chi connectivity index (χ0v) is 10.9. The highest BCUT2D eigenvalue weighted by atomic mass is 16.1. The van der Waals surface area contributed by atoms with Crippen LogP contribution in [0.4, 0.5) is 5.69 Å². The standard InChI is InChI=1S/C13H17N3O2/c1-4-15-11-6-9(3)10(14-8-17)7-12(11)16(5-2)13(15)18/h6-8H,4-5H2,1-3H3,(H,14,17). The maximum atomic E-state index is 12.2. The van der Waals surface area contributed by atoms with Gasteiger partial charge in [0.25, 0.3) is 0 Å². The minimum atomic E-state index is -0.00217. The molecule has 1 aromatic carbocycles. The molecule has 0 bridgehead atoms. The molecule has 0 spiro atoms. The zero-order chi connectivity index (χ0) is 13.3. The molecule has 5 nitrogen and oxygen atoms in total. The van der Waals surface area contributed by atoms with Crippen molar-refractivity contribution in [3.05, 3.63) is 28.2 Å². The number of benzene rings is 1. The van der Waals surface area contributed by atoms with Gasteiger partial charge in [-0.05, 0) is 38.5 Å². The van der Waals surface area contributed by atoms with Gasteiger partial charge in [-0.3, -0.25) is 13.9 Å². The van der Waals surface area contributed by atoms with E-state index < -0.39 is 0 Å². The quantitative estimate of drug-likeness (QED) is 0.836. The molecule has 2 aromatic rings. The Balaban J connectivity index is 2.83. The number of hydrogen-bond donors (Lipinski definition) is 1. The highest BCUT2D eigenvalue weighted by molar-refractivity contribution is 5.85. The number of carbonyl (C=O) groups is 1. The molecule has 1 N–H and O–H groups in total. The first-order valence-electron chi connectivity index (χ1n) is 6.07. The number of carbonyl (C=O) groups excluding carboxylic acids is 1. The summed E-state index contributed by atoms with van der Waals surface area (Å²) in [6, 6.07) is 3.80. The van der Waals surface area contributed by atoms with Gasteiger partial charge in [-0.15, -0.1) is 0 Å². The van der Waals surface area contributed by atoms with Gasteiger partial charge in [0, 0.05) is 18.8 Å². The van der Waals surface area contributed by atoms with E-state index in [0.717, 1.165) is 22.3 Å². The van der Waals surface area contributed by atoms with E-state index in [4.69, 9.17) is 0 Å². The summed E-state index contributed by atoms with van der Waals surface area (Å²) in [4.78, 5) is 22.7. The highest BCUT2D eigenvalue weighted by Gasteiger charge is 2.12. The van der Waals surface area contributed by atoms with E-state index in [2.05, 4.69) is 5.32 Å². The van der Waals surface area contributed by atoms with Crippen LogP contribution in [0.5, 0.6) is 0 Å². The topological polar surface area (TPSA) is 56.0 Å². The van der Waals surface area contributed by atoms with Crippen LogP contribution in [0.25, 0.3) is 11.0 Å². The Kier molecular flexibility index (Phi) is 3.23. The Bertz CT molecular complexity index is 652. The maximum absolute atomic E-state index is 12.2. The first kappa shape index (κ1) is 12.4. The molecule has 0 atom stereocenters. The molecule has 2 rings (SSSR count). The van der Waals surface area contributed by atoms with Gasteiger partial charge in [0.1, 0.15) is 0 Å². The predicted octanol–water partition coefficient (Wildman–Crippen LogP) is 1.72. The van der Waals surface area contributed by atoms with Crippen molar-refractivity contribution in [1.82, 2.24) is 9.13 Å². The molecule has 5 heteroatoms. The third-order valence-corrected chi connectivity index (χ3v) is 3.21. The summed E-state index contributed by atoms with van der Waals surface area (Å²) in [5.41, 5.74) is 3.47. The number of aryl methyl sites for hydroxylation is 3. The van der Waals surface area contributed by atoms with Crippen LogP contribution in [0.2, 0.25) is 0 Å². The summed E-state index contributed by atoms with van der Waals surface area (Å²) in [6.45, 7) is 7.06. The predicted molar refractivity (Wildman–Crippen MR) is 72.0 cm³/mol. The average molecular weight is 247 g/mol. The summed E-state index contributed by atoms with van der Waals surface area (Å²) in [5.74, 6) is 0. The maximum Gasteiger partial charge on any atom is 0.329 e. The molecule has 0 fully saturated rings. The Labute approximate surface area is 105 Å². The second-order valence-electron chi connectivity index (χ2n) is 4.19. The summed E-state index contributed by atoms with van der Waals surface area (Å²) in [5, 5.41) is 2.66. The van der Waals surface area contributed by atoms with Gasteiger partial charge < -0.3 is 5.32 Å². The Hall–Kier alpha value is -2.04. The van der Waals surface area contributed by atoms with Crippen LogP contribution in [0, 0.1) is 6.92 Å². The number of anilines is 1. The number of hydrogen-bond acceptors (Lipinski definition) is 2. The molecule has 0 aliphatic rings. The number of amides is 1. The van der Waals surface area contributed by atoms with E-state index >= 15 is 0 Å². The van der Waals surface area contributed by atoms with Crippen molar-refractivity contribution in [1.29, 1.82) is 0 Å². The number of fused-ring (bicyclic) bond motifs is 1. The van der Waals surface area contributed by atoms with Gasteiger partial charge in [0.05, 0.1) is 11.0 Å². The largest absolute Gasteiger partial charge is 0.329 e. The highest BCUT2D eigenvalue weighted by Crippen LogP contribution is 2.22. The van der Waals surface area contributed by atoms with E-state index in [0.29, 0.717) is 19.5 Å². The van der Waals surface area contributed by atoms with Crippen molar-refractivity contribution < 1.29 is 4.79 Å². The van der Waals surface area contributed by atoms with Crippen molar-refractivity contribution in [2.75, 3.05) is 5.32 Å². The lowest BCUT2D eigenvalue weighted by molar-refractivity contribution is -0.105. The lowest BCUT2D eigenvalue weighted by Gasteiger charge is -2.06. The second kappa shape index (κ2) is 4.68. The van der Waals surface area contributed by atoms with Gasteiger partial charge in [-0.1, -0.05) is 0 Å². The molecule has 0 radical (unpaired) electrons. The Morgan fingerprint density at radius 2 is 1.72 bits per heavy atom. The number of rotatable bonds is 4. The summed E-state index contributed by atoms with van der Waals surface area (Å²) >= 11 is 0. The van der Waals surface area contributed by atoms with E-state index in [1.807, 2.05) is 32.9 Å². The molecule has 96 valence electrons. The van der Waals surface area contributed by atoms with Crippen molar-refractivity contribution >= 4 is 23.1 Å². The number of nitrogens with one attached hydrogen (secondary N) is 1. The van der Waals surface area contributed by atoms with Gasteiger partial charge in [0.2, 0.25) is 6.41 Å². The minimum Gasteiger partial charge on any atom is -0.328 e. The fourth-order valence-corrected chi connectivity index (χ4v) is 2.30. The molecule has 0 saturated heterocycles. The third kappa shape index (κ3) is 1.72. The van der Waals surface area contributed by atoms with Crippen LogP contribution in [-0.4, -0.2) is 15.5 Å². The first-order valence-corrected chi connectivity index (χ1v) is 6.07. The second-order valence-corrected chi connectivity index (χ2v) is 4.19. The van der Waals surface area contributed by atoms with E-state index in [-0.39, 0.29) is 5.69 Å². The summed E-state index contributed by atoms with van der Waals surface area (Å²) < 4.78 is 3.46. The van der Waals surface area contributed by atoms with Gasteiger partial charge >= 0.3 is 5.69 Å². The lowest BCUT2D eigenvalue weighted by Crippen LogP contribution is -2.23. The molecule has 1 aromatic heterocycles. The molecule has 18 heavy (non-hydrogen) atoms. The van der Waals surface area contributed by atoms with E-state index in [1.54, 1.807) is 9.13 Å². The van der Waals surface area contributed by atoms with Crippen LogP contribution in [-0.2, 0) is 17.9 Å². The fraction of sp³-hybridized carbons (Fsp3) is 0.385. The number of imidazole rings is 1. The molecule has 1 amide bonds. The van der Waals surface area contributed by atoms with Crippen molar-refractivity contribution in [3.63, 3.8) is 0 Å². The van der Waals surface area contributed by atoms with Gasteiger partial charge in [0.15, 0.2) is 0 Å². The SMILES string of the molecule is CCn1c(=O)n(CC)c2cc(NC=O)c(C)cc21. The van der Waals surface area contributed by atoms with Crippen LogP contribution in [0.1, 0.15) is 19.4 Å². The molecule has 0 saturated carbocycles. The molecule has 0 aliphatic heterocycles. The molecular formula is C13H17N3O2. The first-order chi connectivity index (χ1) is 8.63. The molecule has 0 unspecified atom stereocenters. The Morgan fingerprint density at radius 3 is 2.22 bits per heavy atom. The van der Waals surface area contributed by atoms with Crippen molar-refractivity contribution in [3.8, 4) is 0 Å². The van der Waals surface area contributed by atoms with Crippen molar-refractivity contribution in [2.24, 2.45) is 0 Å². The lowest BCUT2D eigenvalue weighted by atomic mass is 10.1. The number of nitrogens with zero attached hydrogens (tertiary/aromatic N) is 2. The smallest absolute Gasteiger partial charge is 0.328 e. The zero-order valence-electron chi connectivity index (χ0n) is 10.9.